The molecule has 0 saturated carbocycles. The highest BCUT2D eigenvalue weighted by atomic mass is 32.2. The molecule has 1 unspecified atom stereocenters. The zero-order chi connectivity index (χ0) is 22.7. The number of hydrogen-bond acceptors (Lipinski definition) is 4. The fourth-order valence-corrected chi connectivity index (χ4v) is 4.93. The zero-order valence-electron chi connectivity index (χ0n) is 17.7. The quantitative estimate of drug-likeness (QED) is 0.533. The van der Waals surface area contributed by atoms with Crippen LogP contribution >= 0.6 is 0 Å². The normalized spacial score (nSPS) is 15.4. The molecule has 1 heterocycles. The van der Waals surface area contributed by atoms with Crippen LogP contribution in [0.3, 0.4) is 0 Å². The lowest BCUT2D eigenvalue weighted by Gasteiger charge is -2.23. The molecule has 0 radical (unpaired) electrons. The minimum Gasteiger partial charge on any atom is -0.395 e. The van der Waals surface area contributed by atoms with Gasteiger partial charge in [-0.1, -0.05) is 48.5 Å². The minimum atomic E-state index is -3.77. The van der Waals surface area contributed by atoms with Crippen molar-refractivity contribution in [2.24, 2.45) is 0 Å². The number of sulfonamides is 1. The van der Waals surface area contributed by atoms with Crippen LogP contribution in [-0.2, 0) is 16.4 Å². The first-order valence-electron chi connectivity index (χ1n) is 10.4. The van der Waals surface area contributed by atoms with Gasteiger partial charge in [0.2, 0.25) is 10.0 Å². The molecule has 4 rings (SSSR count). The number of aliphatic hydroxyl groups is 1. The molecule has 2 amide bonds. The van der Waals surface area contributed by atoms with Crippen LogP contribution in [0.4, 0.5) is 16.2 Å². The predicted octanol–water partition coefficient (Wildman–Crippen LogP) is 3.61. The highest BCUT2D eigenvalue weighted by Crippen LogP contribution is 2.34. The maximum Gasteiger partial charge on any atom is 0.326 e. The van der Waals surface area contributed by atoms with Gasteiger partial charge in [0, 0.05) is 18.3 Å². The Morgan fingerprint density at radius 3 is 2.41 bits per heavy atom. The van der Waals surface area contributed by atoms with Crippen molar-refractivity contribution >= 4 is 27.4 Å². The van der Waals surface area contributed by atoms with Gasteiger partial charge in [-0.3, -0.25) is 4.90 Å². The van der Waals surface area contributed by atoms with E-state index in [9.17, 15) is 13.2 Å². The number of amides is 2. The summed E-state index contributed by atoms with van der Waals surface area (Å²) in [5, 5.41) is 11.8. The Hall–Kier alpha value is -3.20. The largest absolute Gasteiger partial charge is 0.395 e. The molecule has 1 atom stereocenters. The molecule has 0 saturated heterocycles. The number of hydrogen-bond donors (Lipinski definition) is 3. The van der Waals surface area contributed by atoms with Gasteiger partial charge in [-0.2, -0.15) is 0 Å². The van der Waals surface area contributed by atoms with E-state index in [4.69, 9.17) is 5.11 Å². The van der Waals surface area contributed by atoms with E-state index in [0.717, 1.165) is 16.7 Å². The van der Waals surface area contributed by atoms with Gasteiger partial charge in [-0.25, -0.2) is 17.9 Å². The molecule has 32 heavy (non-hydrogen) atoms. The van der Waals surface area contributed by atoms with E-state index in [1.54, 1.807) is 11.0 Å². The van der Waals surface area contributed by atoms with Gasteiger partial charge in [-0.05, 0) is 54.3 Å². The van der Waals surface area contributed by atoms with Crippen molar-refractivity contribution in [2.75, 3.05) is 23.4 Å². The van der Waals surface area contributed by atoms with Crippen molar-refractivity contribution in [1.29, 1.82) is 0 Å². The summed E-state index contributed by atoms with van der Waals surface area (Å²) in [6.07, 6.45) is 0.639. The molecule has 0 fully saturated rings. The Morgan fingerprint density at radius 2 is 1.72 bits per heavy atom. The van der Waals surface area contributed by atoms with E-state index in [0.29, 0.717) is 17.8 Å². The van der Waals surface area contributed by atoms with Crippen molar-refractivity contribution in [1.82, 2.24) is 4.72 Å². The zero-order valence-corrected chi connectivity index (χ0v) is 18.5. The Labute approximate surface area is 187 Å². The lowest BCUT2D eigenvalue weighted by atomic mass is 10.1. The van der Waals surface area contributed by atoms with Crippen molar-refractivity contribution < 1.29 is 18.3 Å². The van der Waals surface area contributed by atoms with Crippen LogP contribution in [0.15, 0.2) is 77.7 Å². The van der Waals surface area contributed by atoms with Gasteiger partial charge in [0.1, 0.15) is 0 Å². The minimum absolute atomic E-state index is 0.0591. The molecule has 0 bridgehead atoms. The van der Waals surface area contributed by atoms with Gasteiger partial charge in [0.05, 0.1) is 17.2 Å². The number of nitrogens with one attached hydrogen (secondary N) is 2. The SMILES string of the molecule is CC1Cc2ccc(S(=O)(=O)NCCO)cc2N1C(=O)Nc1ccc(-c2ccccc2)cc1. The summed E-state index contributed by atoms with van der Waals surface area (Å²) >= 11 is 0. The van der Waals surface area contributed by atoms with Crippen molar-refractivity contribution in [3.05, 3.63) is 78.4 Å². The van der Waals surface area contributed by atoms with Crippen LogP contribution in [0.25, 0.3) is 11.1 Å². The molecule has 7 nitrogen and oxygen atoms in total. The number of aliphatic hydroxyl groups excluding tert-OH is 1. The van der Waals surface area contributed by atoms with Gasteiger partial charge in [-0.15, -0.1) is 0 Å². The van der Waals surface area contributed by atoms with Crippen LogP contribution in [0.5, 0.6) is 0 Å². The topological polar surface area (TPSA) is 98.7 Å². The molecule has 3 N–H and O–H groups in total. The third kappa shape index (κ3) is 4.52. The third-order valence-electron chi connectivity index (χ3n) is 5.45. The average Bonchev–Trinajstić information content (AvgIpc) is 3.14. The summed E-state index contributed by atoms with van der Waals surface area (Å²) in [5.74, 6) is 0. The van der Waals surface area contributed by atoms with E-state index in [2.05, 4.69) is 10.0 Å². The van der Waals surface area contributed by atoms with E-state index in [1.165, 1.54) is 12.1 Å². The van der Waals surface area contributed by atoms with Crippen LogP contribution in [-0.4, -0.2) is 38.7 Å². The maximum atomic E-state index is 13.1. The molecule has 166 valence electrons. The predicted molar refractivity (Wildman–Crippen MR) is 125 cm³/mol. The Balaban J connectivity index is 1.54. The van der Waals surface area contributed by atoms with Crippen molar-refractivity contribution in [2.45, 2.75) is 24.3 Å². The number of carbonyl (C=O) groups excluding carboxylic acids is 1. The summed E-state index contributed by atoms with van der Waals surface area (Å²) in [4.78, 5) is 14.7. The van der Waals surface area contributed by atoms with Gasteiger partial charge < -0.3 is 10.4 Å². The summed E-state index contributed by atoms with van der Waals surface area (Å²) in [7, 11) is -3.77. The second kappa shape index (κ2) is 9.12. The number of benzene rings is 3. The smallest absolute Gasteiger partial charge is 0.326 e. The standard InChI is InChI=1S/C24H25N3O4S/c1-17-15-20-9-12-22(32(30,31)25-13-14-28)16-23(20)27(17)24(29)26-21-10-7-19(8-11-21)18-5-3-2-4-6-18/h2-12,16-17,25,28H,13-15H2,1H3,(H,26,29). The monoisotopic (exact) mass is 451 g/mol. The summed E-state index contributed by atoms with van der Waals surface area (Å²) in [6, 6.07) is 21.9. The van der Waals surface area contributed by atoms with Crippen LogP contribution in [0.1, 0.15) is 12.5 Å². The van der Waals surface area contributed by atoms with Crippen LogP contribution < -0.4 is 14.9 Å². The summed E-state index contributed by atoms with van der Waals surface area (Å²) < 4.78 is 27.2. The fraction of sp³-hybridized carbons (Fsp3) is 0.208. The summed E-state index contributed by atoms with van der Waals surface area (Å²) in [6.45, 7) is 1.56. The Kier molecular flexibility index (Phi) is 6.27. The van der Waals surface area contributed by atoms with Gasteiger partial charge >= 0.3 is 6.03 Å². The van der Waals surface area contributed by atoms with Crippen LogP contribution in [0.2, 0.25) is 0 Å². The second-order valence-electron chi connectivity index (χ2n) is 7.71. The molecular formula is C24H25N3O4S. The van der Waals surface area contributed by atoms with Crippen molar-refractivity contribution in [3.63, 3.8) is 0 Å². The second-order valence-corrected chi connectivity index (χ2v) is 9.48. The number of carbonyl (C=O) groups is 1. The summed E-state index contributed by atoms with van der Waals surface area (Å²) in [5.41, 5.74) is 4.28. The first kappa shape index (κ1) is 22.0. The molecule has 1 aliphatic rings. The molecule has 0 aromatic heterocycles. The number of anilines is 2. The van der Waals surface area contributed by atoms with E-state index in [1.807, 2.05) is 61.5 Å². The van der Waals surface area contributed by atoms with E-state index < -0.39 is 10.0 Å². The van der Waals surface area contributed by atoms with Gasteiger partial charge in [0.15, 0.2) is 0 Å². The molecule has 0 spiro atoms. The number of urea groups is 1. The highest BCUT2D eigenvalue weighted by molar-refractivity contribution is 7.89. The number of rotatable bonds is 6. The number of fused-ring (bicyclic) bond motifs is 1. The van der Waals surface area contributed by atoms with Gasteiger partial charge in [0.25, 0.3) is 0 Å². The van der Waals surface area contributed by atoms with Crippen molar-refractivity contribution in [3.8, 4) is 11.1 Å². The Morgan fingerprint density at radius 1 is 1.03 bits per heavy atom. The highest BCUT2D eigenvalue weighted by Gasteiger charge is 2.32. The first-order chi connectivity index (χ1) is 15.4. The average molecular weight is 452 g/mol. The molecule has 3 aromatic rings. The molecule has 1 aliphatic heterocycles. The fourth-order valence-electron chi connectivity index (χ4n) is 3.89. The molecule has 8 heteroatoms. The first-order valence-corrected chi connectivity index (χ1v) is 11.9. The molecule has 3 aromatic carbocycles. The number of nitrogens with zero attached hydrogens (tertiary/aromatic N) is 1. The van der Waals surface area contributed by atoms with Crippen LogP contribution in [0, 0.1) is 0 Å². The maximum absolute atomic E-state index is 13.1. The molecular weight excluding hydrogens is 426 g/mol. The molecule has 0 aliphatic carbocycles. The Bertz CT molecular complexity index is 1210. The third-order valence-corrected chi connectivity index (χ3v) is 6.91. The van der Waals surface area contributed by atoms with E-state index >= 15 is 0 Å². The lowest BCUT2D eigenvalue weighted by molar-refractivity contribution is 0.256. The lowest BCUT2D eigenvalue weighted by Crippen LogP contribution is -2.39. The van der Waals surface area contributed by atoms with E-state index in [-0.39, 0.29) is 30.1 Å².